The van der Waals surface area contributed by atoms with Gasteiger partial charge in [0.2, 0.25) is 5.95 Å². The summed E-state index contributed by atoms with van der Waals surface area (Å²) in [4.78, 5) is 8.11. The molecule has 1 aliphatic heterocycles. The van der Waals surface area contributed by atoms with E-state index in [0.29, 0.717) is 17.3 Å². The van der Waals surface area contributed by atoms with Gasteiger partial charge in [-0.15, -0.1) is 0 Å². The fourth-order valence-corrected chi connectivity index (χ4v) is 3.14. The molecule has 7 heteroatoms. The number of aliphatic hydroxyl groups excluding tert-OH is 1. The van der Waals surface area contributed by atoms with E-state index in [9.17, 15) is 0 Å². The van der Waals surface area contributed by atoms with Gasteiger partial charge in [-0.05, 0) is 56.4 Å². The molecule has 2 heterocycles. The van der Waals surface area contributed by atoms with Crippen LogP contribution in [0.2, 0.25) is 5.02 Å². The number of nitrogens with zero attached hydrogens (tertiary/aromatic N) is 2. The highest BCUT2D eigenvalue weighted by molar-refractivity contribution is 6.32. The lowest BCUT2D eigenvalue weighted by Gasteiger charge is -2.15. The Morgan fingerprint density at radius 1 is 1.32 bits per heavy atom. The predicted molar refractivity (Wildman–Crippen MR) is 113 cm³/mol. The fraction of sp³-hybridized carbons (Fsp3) is 0.524. The van der Waals surface area contributed by atoms with Crippen molar-refractivity contribution in [2.45, 2.75) is 52.6 Å². The minimum absolute atomic E-state index is 0.186. The van der Waals surface area contributed by atoms with Gasteiger partial charge in [-0.1, -0.05) is 24.9 Å². The molecule has 0 bridgehead atoms. The molecule has 1 aliphatic rings. The van der Waals surface area contributed by atoms with E-state index in [2.05, 4.69) is 16.9 Å². The summed E-state index contributed by atoms with van der Waals surface area (Å²) in [6.45, 7) is 8.30. The first-order valence-electron chi connectivity index (χ1n) is 9.70. The van der Waals surface area contributed by atoms with Crippen LogP contribution < -0.4 is 10.5 Å². The van der Waals surface area contributed by atoms with Crippen molar-refractivity contribution >= 4 is 17.5 Å². The molecule has 1 saturated heterocycles. The molecule has 6 nitrogen and oxygen atoms in total. The van der Waals surface area contributed by atoms with Crippen molar-refractivity contribution in [2.75, 3.05) is 25.6 Å². The molecular formula is C21H30ClN3O3. The number of rotatable bonds is 5. The zero-order chi connectivity index (χ0) is 20.5. The Labute approximate surface area is 172 Å². The standard InChI is InChI=1S/C16H20ClN3O.C5H10O2/c1-4-5-6-21-15-10(2)7-12(8-11(15)3)14-13(17)9-19-16(18)20-14;6-5-2-1-3-7-4-5/h7-9H,4-6H2,1-3H3,(H2,18,19,20);5-6H,1-4H2. The number of nitrogen functional groups attached to an aromatic ring is 1. The minimum Gasteiger partial charge on any atom is -0.493 e. The van der Waals surface area contributed by atoms with Gasteiger partial charge >= 0.3 is 0 Å². The van der Waals surface area contributed by atoms with Crippen LogP contribution in [0.4, 0.5) is 5.95 Å². The Kier molecular flexibility index (Phi) is 8.96. The molecule has 2 aromatic rings. The molecule has 1 unspecified atom stereocenters. The van der Waals surface area contributed by atoms with E-state index in [1.54, 1.807) is 0 Å². The zero-order valence-electron chi connectivity index (χ0n) is 16.9. The molecule has 0 aliphatic carbocycles. The quantitative estimate of drug-likeness (QED) is 0.716. The lowest BCUT2D eigenvalue weighted by Crippen LogP contribution is -2.21. The van der Waals surface area contributed by atoms with Crippen LogP contribution in [-0.2, 0) is 4.74 Å². The number of halogens is 1. The van der Waals surface area contributed by atoms with Gasteiger partial charge in [-0.25, -0.2) is 9.97 Å². The van der Waals surface area contributed by atoms with Gasteiger partial charge in [0.25, 0.3) is 0 Å². The van der Waals surface area contributed by atoms with Crippen molar-refractivity contribution in [1.29, 1.82) is 0 Å². The van der Waals surface area contributed by atoms with Gasteiger partial charge in [0.05, 0.1) is 36.2 Å². The smallest absolute Gasteiger partial charge is 0.220 e. The molecule has 1 aromatic heterocycles. The van der Waals surface area contributed by atoms with E-state index in [0.717, 1.165) is 61.3 Å². The van der Waals surface area contributed by atoms with Crippen LogP contribution in [0.5, 0.6) is 5.75 Å². The van der Waals surface area contributed by atoms with E-state index >= 15 is 0 Å². The maximum absolute atomic E-state index is 8.78. The summed E-state index contributed by atoms with van der Waals surface area (Å²) in [6.07, 6.45) is 5.44. The number of hydrogen-bond acceptors (Lipinski definition) is 6. The van der Waals surface area contributed by atoms with Gasteiger partial charge in [-0.3, -0.25) is 0 Å². The average Bonchev–Trinajstić information content (AvgIpc) is 2.67. The van der Waals surface area contributed by atoms with Crippen molar-refractivity contribution in [3.8, 4) is 17.0 Å². The van der Waals surface area contributed by atoms with E-state index in [1.807, 2.05) is 26.0 Å². The largest absolute Gasteiger partial charge is 0.493 e. The molecule has 0 saturated carbocycles. The molecule has 3 N–H and O–H groups in total. The third-order valence-corrected chi connectivity index (χ3v) is 4.65. The van der Waals surface area contributed by atoms with Crippen molar-refractivity contribution in [3.63, 3.8) is 0 Å². The number of nitrogens with two attached hydrogens (primary N) is 1. The molecule has 154 valence electrons. The Bertz CT molecular complexity index is 742. The van der Waals surface area contributed by atoms with Crippen molar-refractivity contribution in [1.82, 2.24) is 9.97 Å². The van der Waals surface area contributed by atoms with E-state index < -0.39 is 0 Å². The molecule has 1 aromatic carbocycles. The molecule has 1 atom stereocenters. The number of aryl methyl sites for hydroxylation is 2. The average molecular weight is 408 g/mol. The highest BCUT2D eigenvalue weighted by Crippen LogP contribution is 2.32. The predicted octanol–water partition coefficient (Wildman–Crippen LogP) is 4.33. The SMILES string of the molecule is CCCCOc1c(C)cc(-c2nc(N)ncc2Cl)cc1C.OC1CCCOC1. The van der Waals surface area contributed by atoms with Crippen molar-refractivity contribution in [2.24, 2.45) is 0 Å². The molecule has 28 heavy (non-hydrogen) atoms. The second-order valence-electron chi connectivity index (χ2n) is 6.94. The van der Waals surface area contributed by atoms with Gasteiger partial charge < -0.3 is 20.3 Å². The number of aliphatic hydroxyl groups is 1. The first-order valence-corrected chi connectivity index (χ1v) is 10.1. The van der Waals surface area contributed by atoms with Crippen LogP contribution >= 0.6 is 11.6 Å². The summed E-state index contributed by atoms with van der Waals surface area (Å²) in [6, 6.07) is 4.03. The first kappa shape index (κ1) is 22.4. The third kappa shape index (κ3) is 6.62. The second-order valence-corrected chi connectivity index (χ2v) is 7.34. The molecule has 0 radical (unpaired) electrons. The number of ether oxygens (including phenoxy) is 2. The monoisotopic (exact) mass is 407 g/mol. The summed E-state index contributed by atoms with van der Waals surface area (Å²) in [7, 11) is 0. The second kappa shape index (κ2) is 11.2. The maximum atomic E-state index is 8.78. The molecule has 0 spiro atoms. The summed E-state index contributed by atoms with van der Waals surface area (Å²) in [5.41, 5.74) is 9.35. The Morgan fingerprint density at radius 2 is 2.04 bits per heavy atom. The number of benzene rings is 1. The summed E-state index contributed by atoms with van der Waals surface area (Å²) in [5.74, 6) is 1.15. The number of unbranched alkanes of at least 4 members (excludes halogenated alkanes) is 1. The number of hydrogen-bond donors (Lipinski definition) is 2. The minimum atomic E-state index is -0.186. The Hall–Kier alpha value is -1.89. The topological polar surface area (TPSA) is 90.5 Å². The maximum Gasteiger partial charge on any atom is 0.220 e. The third-order valence-electron chi connectivity index (χ3n) is 4.38. The van der Waals surface area contributed by atoms with Crippen LogP contribution in [0, 0.1) is 13.8 Å². The molecule has 1 fully saturated rings. The first-order chi connectivity index (χ1) is 13.4. The summed E-state index contributed by atoms with van der Waals surface area (Å²) >= 11 is 6.17. The number of anilines is 1. The van der Waals surface area contributed by atoms with Crippen LogP contribution in [0.3, 0.4) is 0 Å². The Balaban J connectivity index is 0.000000336. The zero-order valence-corrected chi connectivity index (χ0v) is 17.6. The van der Waals surface area contributed by atoms with Crippen LogP contribution in [0.1, 0.15) is 43.7 Å². The molecular weight excluding hydrogens is 378 g/mol. The van der Waals surface area contributed by atoms with Crippen LogP contribution in [0.15, 0.2) is 18.3 Å². The highest BCUT2D eigenvalue weighted by Gasteiger charge is 2.12. The summed E-state index contributed by atoms with van der Waals surface area (Å²) in [5, 5.41) is 9.27. The highest BCUT2D eigenvalue weighted by atomic mass is 35.5. The molecule has 0 amide bonds. The molecule has 3 rings (SSSR count). The van der Waals surface area contributed by atoms with Gasteiger partial charge in [-0.2, -0.15) is 0 Å². The van der Waals surface area contributed by atoms with E-state index in [4.69, 9.17) is 31.9 Å². The normalized spacial score (nSPS) is 16.2. The lowest BCUT2D eigenvalue weighted by molar-refractivity contribution is -0.00535. The van der Waals surface area contributed by atoms with Crippen molar-refractivity contribution < 1.29 is 14.6 Å². The van der Waals surface area contributed by atoms with Crippen LogP contribution in [-0.4, -0.2) is 41.0 Å². The van der Waals surface area contributed by atoms with Crippen molar-refractivity contribution in [3.05, 3.63) is 34.5 Å². The van der Waals surface area contributed by atoms with Gasteiger partial charge in [0.1, 0.15) is 5.75 Å². The number of aromatic nitrogens is 2. The fourth-order valence-electron chi connectivity index (χ4n) is 2.94. The summed E-state index contributed by atoms with van der Waals surface area (Å²) < 4.78 is 10.8. The van der Waals surface area contributed by atoms with Gasteiger partial charge in [0, 0.05) is 12.2 Å². The van der Waals surface area contributed by atoms with E-state index in [1.165, 1.54) is 6.20 Å². The van der Waals surface area contributed by atoms with E-state index in [-0.39, 0.29) is 12.1 Å². The van der Waals surface area contributed by atoms with Gasteiger partial charge in [0.15, 0.2) is 0 Å². The van der Waals surface area contributed by atoms with Crippen LogP contribution in [0.25, 0.3) is 11.3 Å². The lowest BCUT2D eigenvalue weighted by atomic mass is 10.0. The Morgan fingerprint density at radius 3 is 2.57 bits per heavy atom.